The minimum Gasteiger partial charge on any atom is -0.332 e. The molecule has 1 fully saturated rings. The molecule has 0 spiro atoms. The minimum absolute atomic E-state index is 0.0916. The molecule has 1 aromatic rings. The summed E-state index contributed by atoms with van der Waals surface area (Å²) in [7, 11) is 0. The number of piperazine rings is 1. The van der Waals surface area contributed by atoms with Crippen LogP contribution in [0.2, 0.25) is 10.0 Å². The van der Waals surface area contributed by atoms with E-state index in [9.17, 15) is 9.59 Å². The highest BCUT2D eigenvalue weighted by molar-refractivity contribution is 6.36. The summed E-state index contributed by atoms with van der Waals surface area (Å²) in [4.78, 5) is 26.3. The van der Waals surface area contributed by atoms with Gasteiger partial charge >= 0.3 is 0 Å². The van der Waals surface area contributed by atoms with E-state index in [0.717, 1.165) is 0 Å². The normalized spacial score (nSPS) is 16.1. The SMILES string of the molecule is CC(=O)N1CCN(c2ccc(Cl)cc2Cl)C(=O)C1. The number of carbonyl (C=O) groups excluding carboxylic acids is 2. The van der Waals surface area contributed by atoms with Gasteiger partial charge in [-0.15, -0.1) is 0 Å². The molecule has 0 bridgehead atoms. The predicted molar refractivity (Wildman–Crippen MR) is 71.1 cm³/mol. The van der Waals surface area contributed by atoms with Gasteiger partial charge in [-0.05, 0) is 18.2 Å². The lowest BCUT2D eigenvalue weighted by molar-refractivity contribution is -0.135. The Labute approximate surface area is 115 Å². The first-order chi connectivity index (χ1) is 8.49. The fourth-order valence-corrected chi connectivity index (χ4v) is 2.41. The Kier molecular flexibility index (Phi) is 3.78. The smallest absolute Gasteiger partial charge is 0.246 e. The predicted octanol–water partition coefficient (Wildman–Crippen LogP) is 2.19. The summed E-state index contributed by atoms with van der Waals surface area (Å²) >= 11 is 11.9. The third-order valence-corrected chi connectivity index (χ3v) is 3.40. The second-order valence-corrected chi connectivity index (χ2v) is 4.93. The van der Waals surface area contributed by atoms with Crippen molar-refractivity contribution in [1.29, 1.82) is 0 Å². The number of hydrogen-bond donors (Lipinski definition) is 0. The highest BCUT2D eigenvalue weighted by atomic mass is 35.5. The molecule has 4 nitrogen and oxygen atoms in total. The van der Waals surface area contributed by atoms with Crippen LogP contribution in [-0.4, -0.2) is 36.3 Å². The van der Waals surface area contributed by atoms with E-state index in [1.807, 2.05) is 0 Å². The topological polar surface area (TPSA) is 40.6 Å². The Morgan fingerprint density at radius 2 is 2.00 bits per heavy atom. The highest BCUT2D eigenvalue weighted by Gasteiger charge is 2.27. The van der Waals surface area contributed by atoms with Gasteiger partial charge in [-0.2, -0.15) is 0 Å². The number of halogens is 2. The van der Waals surface area contributed by atoms with Crippen molar-refractivity contribution < 1.29 is 9.59 Å². The molecule has 0 saturated carbocycles. The van der Waals surface area contributed by atoms with Gasteiger partial charge < -0.3 is 9.80 Å². The lowest BCUT2D eigenvalue weighted by Gasteiger charge is -2.34. The lowest BCUT2D eigenvalue weighted by atomic mass is 10.2. The second-order valence-electron chi connectivity index (χ2n) is 4.08. The molecule has 6 heteroatoms. The van der Waals surface area contributed by atoms with Gasteiger partial charge in [-0.25, -0.2) is 0 Å². The molecule has 0 aromatic heterocycles. The number of nitrogens with zero attached hydrogens (tertiary/aromatic N) is 2. The molecule has 1 heterocycles. The number of carbonyl (C=O) groups is 2. The van der Waals surface area contributed by atoms with Gasteiger partial charge in [0.2, 0.25) is 11.8 Å². The highest BCUT2D eigenvalue weighted by Crippen LogP contribution is 2.29. The first-order valence-corrected chi connectivity index (χ1v) is 6.25. The lowest BCUT2D eigenvalue weighted by Crippen LogP contribution is -2.52. The van der Waals surface area contributed by atoms with Crippen molar-refractivity contribution >= 4 is 40.7 Å². The van der Waals surface area contributed by atoms with E-state index in [0.29, 0.717) is 28.8 Å². The Morgan fingerprint density at radius 3 is 2.56 bits per heavy atom. The average Bonchev–Trinajstić information content (AvgIpc) is 2.30. The molecular weight excluding hydrogens is 275 g/mol. The first kappa shape index (κ1) is 13.2. The molecule has 0 N–H and O–H groups in total. The van der Waals surface area contributed by atoms with E-state index in [-0.39, 0.29) is 18.4 Å². The fourth-order valence-electron chi connectivity index (χ4n) is 1.90. The van der Waals surface area contributed by atoms with Crippen molar-refractivity contribution in [2.75, 3.05) is 24.5 Å². The van der Waals surface area contributed by atoms with Crippen molar-refractivity contribution in [3.05, 3.63) is 28.2 Å². The Balaban J connectivity index is 2.20. The van der Waals surface area contributed by atoms with Crippen LogP contribution in [-0.2, 0) is 9.59 Å². The maximum atomic E-state index is 12.0. The van der Waals surface area contributed by atoms with Crippen molar-refractivity contribution in [3.63, 3.8) is 0 Å². The number of rotatable bonds is 1. The molecule has 18 heavy (non-hydrogen) atoms. The summed E-state index contributed by atoms with van der Waals surface area (Å²) in [5, 5.41) is 0.964. The maximum absolute atomic E-state index is 12.0. The molecule has 96 valence electrons. The Bertz CT molecular complexity index is 505. The van der Waals surface area contributed by atoms with Crippen LogP contribution in [0.5, 0.6) is 0 Å². The van der Waals surface area contributed by atoms with E-state index in [1.54, 1.807) is 23.1 Å². The van der Waals surface area contributed by atoms with Gasteiger partial charge in [-0.3, -0.25) is 9.59 Å². The second kappa shape index (κ2) is 5.16. The van der Waals surface area contributed by atoms with Gasteiger partial charge in [0.15, 0.2) is 0 Å². The van der Waals surface area contributed by atoms with E-state index in [4.69, 9.17) is 23.2 Å². The molecule has 1 aliphatic heterocycles. The molecular formula is C12H12Cl2N2O2. The molecule has 0 unspecified atom stereocenters. The molecule has 1 aromatic carbocycles. The van der Waals surface area contributed by atoms with Crippen LogP contribution in [0, 0.1) is 0 Å². The van der Waals surface area contributed by atoms with Crippen LogP contribution in [0.3, 0.4) is 0 Å². The summed E-state index contributed by atoms with van der Waals surface area (Å²) in [5.74, 6) is -0.231. The average molecular weight is 287 g/mol. The minimum atomic E-state index is -0.138. The summed E-state index contributed by atoms with van der Waals surface area (Å²) in [5.41, 5.74) is 0.634. The Hall–Kier alpha value is -1.26. The van der Waals surface area contributed by atoms with Gasteiger partial charge in [0, 0.05) is 25.0 Å². The monoisotopic (exact) mass is 286 g/mol. The maximum Gasteiger partial charge on any atom is 0.246 e. The van der Waals surface area contributed by atoms with Gasteiger partial charge in [0.05, 0.1) is 10.7 Å². The van der Waals surface area contributed by atoms with Gasteiger partial charge in [-0.1, -0.05) is 23.2 Å². The number of benzene rings is 1. The zero-order valence-corrected chi connectivity index (χ0v) is 11.3. The Morgan fingerprint density at radius 1 is 1.28 bits per heavy atom. The number of anilines is 1. The number of hydrogen-bond acceptors (Lipinski definition) is 2. The van der Waals surface area contributed by atoms with Crippen LogP contribution in [0.25, 0.3) is 0 Å². The van der Waals surface area contributed by atoms with Crippen molar-refractivity contribution in [2.24, 2.45) is 0 Å². The van der Waals surface area contributed by atoms with Crippen LogP contribution < -0.4 is 4.90 Å². The largest absolute Gasteiger partial charge is 0.332 e. The van der Waals surface area contributed by atoms with Crippen molar-refractivity contribution in [2.45, 2.75) is 6.92 Å². The van der Waals surface area contributed by atoms with Crippen molar-refractivity contribution in [3.8, 4) is 0 Å². The third-order valence-electron chi connectivity index (χ3n) is 2.87. The zero-order valence-electron chi connectivity index (χ0n) is 9.82. The van der Waals surface area contributed by atoms with E-state index < -0.39 is 0 Å². The fraction of sp³-hybridized carbons (Fsp3) is 0.333. The van der Waals surface area contributed by atoms with Crippen molar-refractivity contribution in [1.82, 2.24) is 4.90 Å². The zero-order chi connectivity index (χ0) is 13.3. The molecule has 1 saturated heterocycles. The van der Waals surface area contributed by atoms with Crippen LogP contribution in [0.4, 0.5) is 5.69 Å². The third kappa shape index (κ3) is 2.60. The molecule has 2 amide bonds. The summed E-state index contributed by atoms with van der Waals surface area (Å²) in [6.45, 7) is 2.51. The van der Waals surface area contributed by atoms with E-state index in [1.165, 1.54) is 11.8 Å². The van der Waals surface area contributed by atoms with Crippen LogP contribution >= 0.6 is 23.2 Å². The summed E-state index contributed by atoms with van der Waals surface area (Å²) in [6.07, 6.45) is 0. The van der Waals surface area contributed by atoms with E-state index >= 15 is 0 Å². The molecule has 1 aliphatic rings. The molecule has 0 radical (unpaired) electrons. The van der Waals surface area contributed by atoms with Gasteiger partial charge in [0.25, 0.3) is 0 Å². The van der Waals surface area contributed by atoms with Gasteiger partial charge in [0.1, 0.15) is 6.54 Å². The van der Waals surface area contributed by atoms with Crippen LogP contribution in [0.1, 0.15) is 6.92 Å². The summed E-state index contributed by atoms with van der Waals surface area (Å²) in [6, 6.07) is 5.00. The van der Waals surface area contributed by atoms with E-state index in [2.05, 4.69) is 0 Å². The molecule has 0 aliphatic carbocycles. The standard InChI is InChI=1S/C12H12Cl2N2O2/c1-8(17)15-4-5-16(12(18)7-15)11-3-2-9(13)6-10(11)14/h2-3,6H,4-5,7H2,1H3. The molecule has 2 rings (SSSR count). The quantitative estimate of drug-likeness (QED) is 0.794. The summed E-state index contributed by atoms with van der Waals surface area (Å²) < 4.78 is 0. The van der Waals surface area contributed by atoms with Crippen LogP contribution in [0.15, 0.2) is 18.2 Å². The number of amides is 2. The molecule has 0 atom stereocenters. The first-order valence-electron chi connectivity index (χ1n) is 5.50.